The number of rotatable bonds is 0. The van der Waals surface area contributed by atoms with Gasteiger partial charge in [-0.15, -0.1) is 0 Å². The second-order valence-electron chi connectivity index (χ2n) is 2.74. The first kappa shape index (κ1) is 8.02. The van der Waals surface area contributed by atoms with Crippen molar-refractivity contribution < 1.29 is 4.79 Å². The van der Waals surface area contributed by atoms with Crippen molar-refractivity contribution in [1.82, 2.24) is 0 Å². The molecule has 0 rings (SSSR count). The second-order valence-corrected chi connectivity index (χ2v) is 3.52. The molecule has 0 aliphatic heterocycles. The van der Waals surface area contributed by atoms with E-state index in [9.17, 15) is 4.79 Å². The van der Waals surface area contributed by atoms with Crippen molar-refractivity contribution in [3.8, 4) is 0 Å². The number of carbonyl (C=O) groups excluding carboxylic acids is 1. The zero-order valence-corrected chi connectivity index (χ0v) is 6.63. The van der Waals surface area contributed by atoms with Crippen LogP contribution in [0.15, 0.2) is 0 Å². The molecular weight excluding hydrogens is 120 g/mol. The van der Waals surface area contributed by atoms with Gasteiger partial charge in [0.15, 0.2) is 5.12 Å². The van der Waals surface area contributed by atoms with Crippen molar-refractivity contribution >= 4 is 16.9 Å². The molecule has 0 heterocycles. The molecule has 48 valence electrons. The minimum absolute atomic E-state index is 0.167. The van der Waals surface area contributed by atoms with Crippen molar-refractivity contribution in [2.24, 2.45) is 5.41 Å². The number of thioether (sulfide) groups is 1. The second kappa shape index (κ2) is 2.53. The van der Waals surface area contributed by atoms with Gasteiger partial charge in [-0.25, -0.2) is 0 Å². The average molecular weight is 132 g/mol. The van der Waals surface area contributed by atoms with Gasteiger partial charge in [0.1, 0.15) is 0 Å². The Balaban J connectivity index is 3.82. The minimum Gasteiger partial charge on any atom is -0.287 e. The van der Waals surface area contributed by atoms with Gasteiger partial charge in [-0.1, -0.05) is 32.5 Å². The third kappa shape index (κ3) is 2.36. The molecule has 0 amide bonds. The molecule has 0 aliphatic rings. The fourth-order valence-corrected chi connectivity index (χ4v) is 0.919. The molecule has 0 spiro atoms. The van der Waals surface area contributed by atoms with E-state index in [0.29, 0.717) is 0 Å². The van der Waals surface area contributed by atoms with Gasteiger partial charge in [0, 0.05) is 5.41 Å². The topological polar surface area (TPSA) is 17.1 Å². The standard InChI is InChI=1S/C6H12OS/c1-6(2,3)5(7)8-4/h1-4H3. The van der Waals surface area contributed by atoms with Crippen molar-refractivity contribution in [2.45, 2.75) is 20.8 Å². The lowest BCUT2D eigenvalue weighted by Crippen LogP contribution is -2.15. The first-order valence-electron chi connectivity index (χ1n) is 2.57. The molecule has 0 bridgehead atoms. The molecule has 0 fully saturated rings. The Bertz CT molecular complexity index is 91.2. The Hall–Kier alpha value is 0.0200. The summed E-state index contributed by atoms with van der Waals surface area (Å²) >= 11 is 1.29. The predicted molar refractivity (Wildman–Crippen MR) is 38.0 cm³/mol. The Morgan fingerprint density at radius 2 is 1.75 bits per heavy atom. The maximum Gasteiger partial charge on any atom is 0.193 e. The van der Waals surface area contributed by atoms with Crippen LogP contribution in [-0.2, 0) is 4.79 Å². The lowest BCUT2D eigenvalue weighted by molar-refractivity contribution is -0.117. The van der Waals surface area contributed by atoms with Crippen molar-refractivity contribution in [2.75, 3.05) is 6.26 Å². The van der Waals surface area contributed by atoms with E-state index >= 15 is 0 Å². The van der Waals surface area contributed by atoms with Crippen LogP contribution in [0.2, 0.25) is 0 Å². The lowest BCUT2D eigenvalue weighted by Gasteiger charge is -2.12. The third-order valence-corrected chi connectivity index (χ3v) is 1.78. The van der Waals surface area contributed by atoms with E-state index in [0.717, 1.165) is 0 Å². The highest BCUT2D eigenvalue weighted by Crippen LogP contribution is 2.20. The monoisotopic (exact) mass is 132 g/mol. The van der Waals surface area contributed by atoms with Gasteiger partial charge in [0.25, 0.3) is 0 Å². The summed E-state index contributed by atoms with van der Waals surface area (Å²) in [6, 6.07) is 0. The van der Waals surface area contributed by atoms with Gasteiger partial charge in [-0.05, 0) is 6.26 Å². The van der Waals surface area contributed by atoms with E-state index in [1.54, 1.807) is 0 Å². The molecule has 0 saturated carbocycles. The summed E-state index contributed by atoms with van der Waals surface area (Å²) in [5.74, 6) is 0. The Kier molecular flexibility index (Phi) is 2.54. The summed E-state index contributed by atoms with van der Waals surface area (Å²) in [5.41, 5.74) is -0.167. The summed E-state index contributed by atoms with van der Waals surface area (Å²) in [4.78, 5) is 10.8. The Morgan fingerprint density at radius 3 is 1.75 bits per heavy atom. The molecule has 8 heavy (non-hydrogen) atoms. The average Bonchev–Trinajstić information content (AvgIpc) is 1.62. The molecule has 0 aromatic rings. The quantitative estimate of drug-likeness (QED) is 0.501. The molecular formula is C6H12OS. The zero-order valence-electron chi connectivity index (χ0n) is 5.82. The fourth-order valence-electron chi connectivity index (χ4n) is 0.306. The number of hydrogen-bond donors (Lipinski definition) is 0. The SMILES string of the molecule is CSC(=O)C(C)(C)C. The van der Waals surface area contributed by atoms with Crippen molar-refractivity contribution in [1.29, 1.82) is 0 Å². The van der Waals surface area contributed by atoms with Crippen LogP contribution in [-0.4, -0.2) is 11.4 Å². The van der Waals surface area contributed by atoms with E-state index in [1.807, 2.05) is 27.0 Å². The van der Waals surface area contributed by atoms with E-state index < -0.39 is 0 Å². The maximum atomic E-state index is 10.8. The van der Waals surface area contributed by atoms with Crippen LogP contribution in [0.4, 0.5) is 0 Å². The highest BCUT2D eigenvalue weighted by molar-refractivity contribution is 8.13. The first-order chi connectivity index (χ1) is 3.48. The van der Waals surface area contributed by atoms with Crippen LogP contribution in [0.1, 0.15) is 20.8 Å². The fraction of sp³-hybridized carbons (Fsp3) is 0.833. The van der Waals surface area contributed by atoms with Gasteiger partial charge in [0.2, 0.25) is 0 Å². The molecule has 0 N–H and O–H groups in total. The summed E-state index contributed by atoms with van der Waals surface area (Å²) in [5, 5.41) is 0.248. The van der Waals surface area contributed by atoms with Gasteiger partial charge in [0.05, 0.1) is 0 Å². The highest BCUT2D eigenvalue weighted by Gasteiger charge is 2.19. The normalized spacial score (nSPS) is 11.5. The molecule has 0 aromatic heterocycles. The third-order valence-electron chi connectivity index (χ3n) is 0.798. The summed E-state index contributed by atoms with van der Waals surface area (Å²) in [7, 11) is 0. The highest BCUT2D eigenvalue weighted by atomic mass is 32.2. The molecule has 0 atom stereocenters. The molecule has 0 aromatic carbocycles. The van der Waals surface area contributed by atoms with E-state index in [4.69, 9.17) is 0 Å². The predicted octanol–water partition coefficient (Wildman–Crippen LogP) is 1.92. The Labute approximate surface area is 54.8 Å². The summed E-state index contributed by atoms with van der Waals surface area (Å²) in [6.07, 6.45) is 1.81. The molecule has 0 radical (unpaired) electrons. The molecule has 2 heteroatoms. The van der Waals surface area contributed by atoms with Crippen LogP contribution >= 0.6 is 11.8 Å². The van der Waals surface area contributed by atoms with E-state index in [1.165, 1.54) is 11.8 Å². The van der Waals surface area contributed by atoms with Gasteiger partial charge < -0.3 is 0 Å². The van der Waals surface area contributed by atoms with Gasteiger partial charge >= 0.3 is 0 Å². The Morgan fingerprint density at radius 1 is 1.38 bits per heavy atom. The van der Waals surface area contributed by atoms with Crippen LogP contribution < -0.4 is 0 Å². The van der Waals surface area contributed by atoms with Crippen molar-refractivity contribution in [3.05, 3.63) is 0 Å². The molecule has 0 unspecified atom stereocenters. The smallest absolute Gasteiger partial charge is 0.193 e. The maximum absolute atomic E-state index is 10.8. The van der Waals surface area contributed by atoms with Crippen LogP contribution in [0, 0.1) is 5.41 Å². The first-order valence-corrected chi connectivity index (χ1v) is 3.79. The van der Waals surface area contributed by atoms with Gasteiger partial charge in [-0.2, -0.15) is 0 Å². The number of hydrogen-bond acceptors (Lipinski definition) is 2. The van der Waals surface area contributed by atoms with Gasteiger partial charge in [-0.3, -0.25) is 4.79 Å². The largest absolute Gasteiger partial charge is 0.287 e. The lowest BCUT2D eigenvalue weighted by atomic mass is 10.00. The summed E-state index contributed by atoms with van der Waals surface area (Å²) in [6.45, 7) is 5.77. The molecule has 1 nitrogen and oxygen atoms in total. The number of carbonyl (C=O) groups is 1. The molecule has 0 saturated heterocycles. The van der Waals surface area contributed by atoms with E-state index in [-0.39, 0.29) is 10.5 Å². The van der Waals surface area contributed by atoms with Crippen LogP contribution in [0.5, 0.6) is 0 Å². The summed E-state index contributed by atoms with van der Waals surface area (Å²) < 4.78 is 0. The minimum atomic E-state index is -0.167. The van der Waals surface area contributed by atoms with Crippen LogP contribution in [0.25, 0.3) is 0 Å². The van der Waals surface area contributed by atoms with Crippen LogP contribution in [0.3, 0.4) is 0 Å². The zero-order chi connectivity index (χ0) is 6.78. The van der Waals surface area contributed by atoms with E-state index in [2.05, 4.69) is 0 Å². The molecule has 0 aliphatic carbocycles. The van der Waals surface area contributed by atoms with Crippen molar-refractivity contribution in [3.63, 3.8) is 0 Å².